The number of hydrogen-bond acceptors (Lipinski definition) is 6. The Kier molecular flexibility index (Phi) is 6.47. The lowest BCUT2D eigenvalue weighted by Crippen LogP contribution is -2.29. The molecule has 7 heteroatoms. The van der Waals surface area contributed by atoms with Crippen molar-refractivity contribution in [2.75, 3.05) is 33.4 Å². The van der Waals surface area contributed by atoms with Gasteiger partial charge in [-0.25, -0.2) is 4.79 Å². The number of ether oxygens (including phenoxy) is 3. The Labute approximate surface area is 158 Å². The van der Waals surface area contributed by atoms with Gasteiger partial charge in [-0.15, -0.1) is 0 Å². The quantitative estimate of drug-likeness (QED) is 0.424. The van der Waals surface area contributed by atoms with Crippen LogP contribution in [0.2, 0.25) is 0 Å². The molecule has 3 rings (SSSR count). The van der Waals surface area contributed by atoms with Gasteiger partial charge in [0.05, 0.1) is 19.3 Å². The Morgan fingerprint density at radius 1 is 1.22 bits per heavy atom. The molecule has 1 aromatic rings. The fourth-order valence-corrected chi connectivity index (χ4v) is 2.96. The molecular weight excluding hydrogens is 350 g/mol. The van der Waals surface area contributed by atoms with Crippen LogP contribution in [-0.4, -0.2) is 61.6 Å². The minimum atomic E-state index is -0.516. The third-order valence-corrected chi connectivity index (χ3v) is 4.62. The van der Waals surface area contributed by atoms with Crippen molar-refractivity contribution in [3.63, 3.8) is 0 Å². The summed E-state index contributed by atoms with van der Waals surface area (Å²) >= 11 is 0. The molecule has 1 aromatic carbocycles. The van der Waals surface area contributed by atoms with Gasteiger partial charge in [-0.3, -0.25) is 4.79 Å². The van der Waals surface area contributed by atoms with Crippen molar-refractivity contribution in [2.45, 2.75) is 31.5 Å². The topological polar surface area (TPSA) is 85.1 Å². The summed E-state index contributed by atoms with van der Waals surface area (Å²) in [5.41, 5.74) is 1.46. The van der Waals surface area contributed by atoms with Crippen LogP contribution in [0.5, 0.6) is 0 Å². The number of hydrogen-bond donors (Lipinski definition) is 1. The van der Waals surface area contributed by atoms with Crippen molar-refractivity contribution >= 4 is 11.9 Å². The number of carbonyl (C=O) groups excluding carboxylic acids is 2. The first-order valence-corrected chi connectivity index (χ1v) is 9.21. The van der Waals surface area contributed by atoms with E-state index < -0.39 is 6.29 Å². The Balaban J connectivity index is 1.73. The van der Waals surface area contributed by atoms with E-state index in [0.29, 0.717) is 30.8 Å². The summed E-state index contributed by atoms with van der Waals surface area (Å²) in [5, 5.41) is 8.88. The molecule has 146 valence electrons. The molecule has 0 saturated carbocycles. The normalized spacial score (nSPS) is 21.3. The van der Waals surface area contributed by atoms with Gasteiger partial charge in [0.15, 0.2) is 5.76 Å². The minimum absolute atomic E-state index is 0.0489. The molecule has 2 aliphatic rings. The molecule has 27 heavy (non-hydrogen) atoms. The van der Waals surface area contributed by atoms with Crippen molar-refractivity contribution in [2.24, 2.45) is 0 Å². The van der Waals surface area contributed by atoms with E-state index in [4.69, 9.17) is 19.3 Å². The van der Waals surface area contributed by atoms with Crippen LogP contribution in [0.1, 0.15) is 41.1 Å². The Morgan fingerprint density at radius 3 is 2.59 bits per heavy atom. The summed E-state index contributed by atoms with van der Waals surface area (Å²) in [6.07, 6.45) is 3.29. The van der Waals surface area contributed by atoms with Crippen LogP contribution in [0.3, 0.4) is 0 Å². The molecule has 0 aliphatic carbocycles. The first-order valence-electron chi connectivity index (χ1n) is 9.21. The molecule has 1 fully saturated rings. The summed E-state index contributed by atoms with van der Waals surface area (Å²) in [6.45, 7) is 2.09. The number of allylic oxidation sites excluding steroid dienone is 1. The molecule has 0 radical (unpaired) electrons. The van der Waals surface area contributed by atoms with E-state index in [0.717, 1.165) is 25.1 Å². The van der Waals surface area contributed by atoms with Crippen molar-refractivity contribution in [1.29, 1.82) is 0 Å². The van der Waals surface area contributed by atoms with Crippen molar-refractivity contribution in [3.8, 4) is 0 Å². The number of carbonyl (C=O) groups is 2. The lowest BCUT2D eigenvalue weighted by Gasteiger charge is -2.29. The number of unbranched alkanes of at least 4 members (excludes halogenated alkanes) is 1. The lowest BCUT2D eigenvalue weighted by molar-refractivity contribution is -0.149. The zero-order valence-corrected chi connectivity index (χ0v) is 15.4. The molecule has 2 heterocycles. The monoisotopic (exact) mass is 375 g/mol. The van der Waals surface area contributed by atoms with Gasteiger partial charge in [-0.05, 0) is 36.6 Å². The molecule has 1 N–H and O–H groups in total. The third kappa shape index (κ3) is 5.08. The molecule has 0 spiro atoms. The maximum Gasteiger partial charge on any atom is 0.337 e. The highest BCUT2D eigenvalue weighted by Crippen LogP contribution is 2.33. The van der Waals surface area contributed by atoms with Crippen LogP contribution >= 0.6 is 0 Å². The Hall–Kier alpha value is -2.38. The van der Waals surface area contributed by atoms with Crippen molar-refractivity contribution in [3.05, 3.63) is 47.2 Å². The number of aliphatic hydroxyl groups excluding tert-OH is 1. The molecule has 0 unspecified atom stereocenters. The number of rotatable bonds is 8. The summed E-state index contributed by atoms with van der Waals surface area (Å²) in [4.78, 5) is 25.7. The second-order valence-corrected chi connectivity index (χ2v) is 6.63. The van der Waals surface area contributed by atoms with Gasteiger partial charge in [0.2, 0.25) is 6.29 Å². The van der Waals surface area contributed by atoms with Crippen LogP contribution < -0.4 is 0 Å². The van der Waals surface area contributed by atoms with E-state index in [1.807, 2.05) is 18.2 Å². The predicted octanol–water partition coefficient (Wildman–Crippen LogP) is 1.82. The van der Waals surface area contributed by atoms with E-state index in [2.05, 4.69) is 0 Å². The highest BCUT2D eigenvalue weighted by molar-refractivity contribution is 5.93. The largest absolute Gasteiger partial charge is 0.465 e. The predicted molar refractivity (Wildman–Crippen MR) is 96.9 cm³/mol. The molecule has 0 bridgehead atoms. The second-order valence-electron chi connectivity index (χ2n) is 6.63. The summed E-state index contributed by atoms with van der Waals surface area (Å²) < 4.78 is 16.3. The summed E-state index contributed by atoms with van der Waals surface area (Å²) in [5.74, 6) is -0.235. The maximum atomic E-state index is 12.4. The maximum absolute atomic E-state index is 12.4. The Morgan fingerprint density at radius 2 is 1.96 bits per heavy atom. The third-order valence-electron chi connectivity index (χ3n) is 4.62. The Bertz CT molecular complexity index is 695. The molecule has 2 aliphatic heterocycles. The number of aliphatic hydroxyl groups is 1. The molecule has 7 nitrogen and oxygen atoms in total. The smallest absolute Gasteiger partial charge is 0.337 e. The highest BCUT2D eigenvalue weighted by atomic mass is 16.7. The van der Waals surface area contributed by atoms with Gasteiger partial charge in [-0.1, -0.05) is 12.1 Å². The number of methoxy groups -OCH3 is 1. The zero-order valence-electron chi connectivity index (χ0n) is 15.4. The van der Waals surface area contributed by atoms with Crippen LogP contribution in [0.15, 0.2) is 36.1 Å². The van der Waals surface area contributed by atoms with Gasteiger partial charge >= 0.3 is 5.97 Å². The minimum Gasteiger partial charge on any atom is -0.465 e. The number of benzene rings is 1. The van der Waals surface area contributed by atoms with Gasteiger partial charge in [0.1, 0.15) is 0 Å². The van der Waals surface area contributed by atoms with Crippen molar-refractivity contribution in [1.82, 2.24) is 4.90 Å². The van der Waals surface area contributed by atoms with Gasteiger partial charge in [-0.2, -0.15) is 0 Å². The first kappa shape index (κ1) is 19.4. The number of esters is 1. The van der Waals surface area contributed by atoms with Gasteiger partial charge in [0.25, 0.3) is 5.91 Å². The van der Waals surface area contributed by atoms with E-state index in [-0.39, 0.29) is 24.4 Å². The number of nitrogens with zero attached hydrogens (tertiary/aromatic N) is 1. The summed E-state index contributed by atoms with van der Waals surface area (Å²) in [6, 6.07) is 7.16. The molecule has 2 atom stereocenters. The van der Waals surface area contributed by atoms with Gasteiger partial charge in [0, 0.05) is 32.0 Å². The lowest BCUT2D eigenvalue weighted by atomic mass is 9.92. The van der Waals surface area contributed by atoms with Crippen LogP contribution in [0.25, 0.3) is 0 Å². The average Bonchev–Trinajstić information content (AvgIpc) is 3.55. The van der Waals surface area contributed by atoms with Crippen LogP contribution in [-0.2, 0) is 19.0 Å². The van der Waals surface area contributed by atoms with E-state index >= 15 is 0 Å². The van der Waals surface area contributed by atoms with Crippen molar-refractivity contribution < 1.29 is 28.9 Å². The molecule has 1 amide bonds. The van der Waals surface area contributed by atoms with E-state index in [1.54, 1.807) is 17.0 Å². The van der Waals surface area contributed by atoms with Crippen LogP contribution in [0.4, 0.5) is 0 Å². The fourth-order valence-electron chi connectivity index (χ4n) is 2.96. The zero-order chi connectivity index (χ0) is 19.2. The molecule has 1 saturated heterocycles. The highest BCUT2D eigenvalue weighted by Gasteiger charge is 2.34. The van der Waals surface area contributed by atoms with E-state index in [9.17, 15) is 9.59 Å². The molecule has 0 aromatic heterocycles. The second kappa shape index (κ2) is 9.01. The SMILES string of the molecule is COC(=O)c1ccc([C@H]2C=C(C(=O)N3CC3)O[C@@H](OCCCCO)C2)cc1. The standard InChI is InChI=1S/C20H25NO6/c1-25-20(24)15-6-4-14(5-7-15)16-12-17(19(23)21-8-9-21)27-18(13-16)26-11-3-2-10-22/h4-7,12,16,18,22H,2-3,8-11,13H2,1H3/t16-,18+/m0/s1. The summed E-state index contributed by atoms with van der Waals surface area (Å²) in [7, 11) is 1.35. The van der Waals surface area contributed by atoms with Gasteiger partial charge < -0.3 is 24.2 Å². The average molecular weight is 375 g/mol. The van der Waals surface area contributed by atoms with Crippen LogP contribution in [0, 0.1) is 0 Å². The number of amides is 1. The molecular formula is C20H25NO6. The first-order chi connectivity index (χ1) is 13.1. The fraction of sp³-hybridized carbons (Fsp3) is 0.500. The van der Waals surface area contributed by atoms with E-state index in [1.165, 1.54) is 7.11 Å².